The number of rotatable bonds is 12. The molecule has 0 radical (unpaired) electrons. The first-order valence-electron chi connectivity index (χ1n) is 24.0. The van der Waals surface area contributed by atoms with Crippen LogP contribution in [0.5, 0.6) is 17.5 Å². The van der Waals surface area contributed by atoms with E-state index in [1.807, 2.05) is 63.3 Å². The van der Waals surface area contributed by atoms with Crippen LogP contribution in [0.2, 0.25) is 0 Å². The zero-order valence-corrected chi connectivity index (χ0v) is 39.8. The van der Waals surface area contributed by atoms with Gasteiger partial charge in [0.25, 0.3) is 0 Å². The highest BCUT2D eigenvalue weighted by molar-refractivity contribution is 7.91. The van der Waals surface area contributed by atoms with E-state index in [4.69, 9.17) is 23.9 Å². The number of methoxy groups -OCH3 is 1. The smallest absolute Gasteiger partial charge is 0.306 e. The maximum absolute atomic E-state index is 15.3. The summed E-state index contributed by atoms with van der Waals surface area (Å²) in [4.78, 5) is 69.3. The minimum absolute atomic E-state index is 0.0245. The van der Waals surface area contributed by atoms with Crippen LogP contribution < -0.4 is 18.9 Å². The normalized spacial score (nSPS) is 32.0. The number of hydrogen-bond acceptors (Lipinski definition) is 12. The summed E-state index contributed by atoms with van der Waals surface area (Å²) in [5.74, 6) is -0.268. The maximum atomic E-state index is 15.3. The van der Waals surface area contributed by atoms with Gasteiger partial charge in [0.1, 0.15) is 18.0 Å². The van der Waals surface area contributed by atoms with E-state index in [1.165, 1.54) is 6.42 Å². The zero-order chi connectivity index (χ0) is 46.7. The van der Waals surface area contributed by atoms with Crippen molar-refractivity contribution in [3.8, 4) is 28.8 Å². The molecule has 1 saturated heterocycles. The number of hydrogen-bond donors (Lipinski definition) is 1. The van der Waals surface area contributed by atoms with Crippen molar-refractivity contribution in [3.63, 3.8) is 0 Å². The van der Waals surface area contributed by atoms with Crippen molar-refractivity contribution in [1.29, 1.82) is 0 Å². The standard InChI is InChI=1S/C51H64N4O10S/c1-29(2)63-45-14-11-32(27-52-45)42-22-35-21-37(62-6)12-13-40(35)47(53-42)65-39-23-43-44(56)26-51(49(59)54-66(60,61)50(5)15-16-50)25-36(51)10-8-7-9-30(3)17-31(4)41(48(58)55(43)28-39)24-46(57)64-38-19-33-18-34(33)20-38/h8,10-14,21-22,27,29-31,33-34,36,38-39,41,43H,7,9,15-20,23-26,28H2,1-6H3,(H,54,59)/b10-8-/t30-,31+,33-,34+,36+,38?,39+,41-,43-,51+/m0/s1. The molecule has 3 aromatic rings. The molecule has 15 heteroatoms. The van der Waals surface area contributed by atoms with Gasteiger partial charge < -0.3 is 23.8 Å². The topological polar surface area (TPSA) is 180 Å². The van der Waals surface area contributed by atoms with Crippen molar-refractivity contribution in [2.45, 2.75) is 141 Å². The number of nitrogens with zero attached hydrogens (tertiary/aromatic N) is 3. The predicted octanol–water partition coefficient (Wildman–Crippen LogP) is 7.77. The van der Waals surface area contributed by atoms with E-state index in [0.29, 0.717) is 71.7 Å². The van der Waals surface area contributed by atoms with Crippen LogP contribution in [0, 0.1) is 40.9 Å². The van der Waals surface area contributed by atoms with E-state index in [2.05, 4.69) is 16.6 Å². The molecule has 1 aromatic carbocycles. The number of esters is 1. The number of ether oxygens (including phenoxy) is 4. The van der Waals surface area contributed by atoms with Crippen molar-refractivity contribution in [1.82, 2.24) is 19.6 Å². The van der Waals surface area contributed by atoms with Gasteiger partial charge in [-0.2, -0.15) is 0 Å². The van der Waals surface area contributed by atoms with Crippen molar-refractivity contribution < 1.29 is 46.5 Å². The van der Waals surface area contributed by atoms with Gasteiger partial charge >= 0.3 is 5.97 Å². The average molecular weight is 925 g/mol. The maximum Gasteiger partial charge on any atom is 0.306 e. The number of carbonyl (C=O) groups is 4. The van der Waals surface area contributed by atoms with Crippen LogP contribution >= 0.6 is 0 Å². The molecule has 2 amide bonds. The summed E-state index contributed by atoms with van der Waals surface area (Å²) in [6.45, 7) is 9.66. The molecule has 0 spiro atoms. The number of fused-ring (bicyclic) bond motifs is 4. The molecule has 354 valence electrons. The second-order valence-electron chi connectivity index (χ2n) is 20.9. The monoisotopic (exact) mass is 924 g/mol. The summed E-state index contributed by atoms with van der Waals surface area (Å²) in [6, 6.07) is 10.1. The number of sulfonamides is 1. The summed E-state index contributed by atoms with van der Waals surface area (Å²) < 4.78 is 52.4. The fourth-order valence-electron chi connectivity index (χ4n) is 10.8. The van der Waals surface area contributed by atoms with E-state index in [9.17, 15) is 18.0 Å². The van der Waals surface area contributed by atoms with Crippen molar-refractivity contribution in [3.05, 3.63) is 54.7 Å². The lowest BCUT2D eigenvalue weighted by atomic mass is 9.82. The SMILES string of the molecule is COc1ccc2c(O[C@@H]3C[C@H]4C(=O)C[C@]5(C(=O)NS(=O)(=O)C6(C)CC6)C[C@H]5/C=C\CC[C@H](C)C[C@@H](C)[C@H](CC(=O)OC5C[C@@H]6C[C@@H]6C5)C(=O)N4C3)nc(-c3ccc(OC(C)C)nc3)cc2c1. The van der Waals surface area contributed by atoms with Crippen molar-refractivity contribution in [2.24, 2.45) is 40.9 Å². The third kappa shape index (κ3) is 9.55. The number of pyridine rings is 2. The van der Waals surface area contributed by atoms with Crippen molar-refractivity contribution >= 4 is 44.4 Å². The third-order valence-electron chi connectivity index (χ3n) is 15.4. The van der Waals surface area contributed by atoms with Crippen LogP contribution in [0.25, 0.3) is 22.0 Å². The fraction of sp³-hybridized carbons (Fsp3) is 0.608. The van der Waals surface area contributed by atoms with Crippen LogP contribution in [0.1, 0.15) is 112 Å². The van der Waals surface area contributed by atoms with Crippen LogP contribution in [0.4, 0.5) is 0 Å². The number of aromatic nitrogens is 2. The molecule has 1 unspecified atom stereocenters. The zero-order valence-electron chi connectivity index (χ0n) is 39.0. The van der Waals surface area contributed by atoms with Gasteiger partial charge in [0.15, 0.2) is 5.78 Å². The van der Waals surface area contributed by atoms with Gasteiger partial charge in [-0.05, 0) is 144 Å². The molecule has 14 nitrogen and oxygen atoms in total. The molecule has 2 aromatic heterocycles. The first-order chi connectivity index (χ1) is 31.4. The molecular formula is C51H64N4O10S. The van der Waals surface area contributed by atoms with E-state index in [0.717, 1.165) is 31.1 Å². The lowest BCUT2D eigenvalue weighted by Gasteiger charge is -2.32. The fourth-order valence-corrected chi connectivity index (χ4v) is 12.2. The Bertz CT molecular complexity index is 2510. The molecular weight excluding hydrogens is 861 g/mol. The largest absolute Gasteiger partial charge is 0.497 e. The Morgan fingerprint density at radius 2 is 1.76 bits per heavy atom. The number of benzene rings is 1. The molecule has 1 N–H and O–H groups in total. The molecule has 6 aliphatic rings. The van der Waals surface area contributed by atoms with E-state index in [1.54, 1.807) is 31.2 Å². The van der Waals surface area contributed by atoms with Gasteiger partial charge in [-0.3, -0.25) is 23.9 Å². The minimum atomic E-state index is -3.98. The molecule has 0 bridgehead atoms. The van der Waals surface area contributed by atoms with Crippen LogP contribution in [-0.4, -0.2) is 89.6 Å². The van der Waals surface area contributed by atoms with Gasteiger partial charge in [-0.25, -0.2) is 18.4 Å². The Labute approximate surface area is 388 Å². The molecule has 66 heavy (non-hydrogen) atoms. The van der Waals surface area contributed by atoms with Crippen LogP contribution in [-0.2, 0) is 33.9 Å². The van der Waals surface area contributed by atoms with Gasteiger partial charge in [-0.1, -0.05) is 26.0 Å². The molecule has 5 fully saturated rings. The Balaban J connectivity index is 1.05. The van der Waals surface area contributed by atoms with Gasteiger partial charge in [0, 0.05) is 36.1 Å². The first-order valence-corrected chi connectivity index (χ1v) is 25.5. The predicted molar refractivity (Wildman–Crippen MR) is 247 cm³/mol. The number of allylic oxidation sites excluding steroid dienone is 2. The molecule has 9 rings (SSSR count). The van der Waals surface area contributed by atoms with Gasteiger partial charge in [-0.15, -0.1) is 0 Å². The van der Waals surface area contributed by atoms with Crippen LogP contribution in [0.3, 0.4) is 0 Å². The summed E-state index contributed by atoms with van der Waals surface area (Å²) >= 11 is 0. The number of carbonyl (C=O) groups excluding carboxylic acids is 4. The van der Waals surface area contributed by atoms with E-state index in [-0.39, 0.29) is 67.5 Å². The lowest BCUT2D eigenvalue weighted by molar-refractivity contribution is -0.155. The number of nitrogens with one attached hydrogen (secondary N) is 1. The second-order valence-corrected chi connectivity index (χ2v) is 23.1. The lowest BCUT2D eigenvalue weighted by Crippen LogP contribution is -2.48. The second kappa shape index (κ2) is 17.9. The van der Waals surface area contributed by atoms with Crippen molar-refractivity contribution in [2.75, 3.05) is 13.7 Å². The van der Waals surface area contributed by atoms with E-state index < -0.39 is 50.1 Å². The highest BCUT2D eigenvalue weighted by Crippen LogP contribution is 2.58. The number of amides is 2. The van der Waals surface area contributed by atoms with Gasteiger partial charge in [0.2, 0.25) is 33.6 Å². The summed E-state index contributed by atoms with van der Waals surface area (Å²) in [5, 5.41) is 1.48. The summed E-state index contributed by atoms with van der Waals surface area (Å²) in [5.41, 5.74) is -0.00285. The number of ketones is 1. The minimum Gasteiger partial charge on any atom is -0.497 e. The van der Waals surface area contributed by atoms with Crippen LogP contribution in [0.15, 0.2) is 54.7 Å². The Morgan fingerprint density at radius 1 is 0.985 bits per heavy atom. The molecule has 4 aliphatic carbocycles. The molecule has 10 atom stereocenters. The third-order valence-corrected chi connectivity index (χ3v) is 17.5. The highest BCUT2D eigenvalue weighted by Gasteiger charge is 2.63. The summed E-state index contributed by atoms with van der Waals surface area (Å²) in [6.07, 6.45) is 10.8. The molecule has 4 heterocycles. The first kappa shape index (κ1) is 46.1. The Kier molecular flexibility index (Phi) is 12.5. The Hall–Kier alpha value is -5.05. The summed E-state index contributed by atoms with van der Waals surface area (Å²) in [7, 11) is -2.39. The van der Waals surface area contributed by atoms with E-state index >= 15 is 9.59 Å². The van der Waals surface area contributed by atoms with Gasteiger partial charge in [0.05, 0.1) is 54.0 Å². The quantitative estimate of drug-likeness (QED) is 0.138. The molecule has 2 aliphatic heterocycles. The average Bonchev–Trinajstić information content (AvgIpc) is 4.23. The number of Topliss-reactive ketones (excluding diaryl/α,β-unsaturated/α-hetero) is 1. The highest BCUT2D eigenvalue weighted by atomic mass is 32.2. The molecule has 4 saturated carbocycles. The Morgan fingerprint density at radius 3 is 2.45 bits per heavy atom.